The van der Waals surface area contributed by atoms with Gasteiger partial charge in [0.2, 0.25) is 0 Å². The topological polar surface area (TPSA) is 95.7 Å². The highest BCUT2D eigenvalue weighted by atomic mass is 32.2. The Balaban J connectivity index is 2.73. The van der Waals surface area contributed by atoms with Crippen LogP contribution in [0.25, 0.3) is 0 Å². The van der Waals surface area contributed by atoms with Crippen LogP contribution in [0.3, 0.4) is 0 Å². The number of urea groups is 1. The van der Waals surface area contributed by atoms with Crippen molar-refractivity contribution in [2.45, 2.75) is 31.2 Å². The predicted octanol–water partition coefficient (Wildman–Crippen LogP) is 2.62. The van der Waals surface area contributed by atoms with E-state index in [1.54, 1.807) is 23.9 Å². The molecule has 1 atom stereocenters. The molecule has 0 aliphatic heterocycles. The first kappa shape index (κ1) is 17.3. The number of carboxylic acids is 1. The molecule has 1 rings (SSSR count). The van der Waals surface area contributed by atoms with Gasteiger partial charge in [0.25, 0.3) is 0 Å². The Morgan fingerprint density at radius 2 is 1.90 bits per heavy atom. The van der Waals surface area contributed by atoms with Crippen LogP contribution < -0.4 is 11.2 Å². The second kappa shape index (κ2) is 7.90. The molecule has 0 radical (unpaired) electrons. The SMILES string of the molecule is CSc1ccc(NC(=O)N(N)[C@@H](CC(C)C)C(=O)O)cc1. The molecule has 0 aromatic heterocycles. The van der Waals surface area contributed by atoms with Crippen LogP contribution in [0.5, 0.6) is 0 Å². The number of hydrogen-bond donors (Lipinski definition) is 3. The highest BCUT2D eigenvalue weighted by Crippen LogP contribution is 2.18. The standard InChI is InChI=1S/C14H21N3O3S/c1-9(2)8-12(13(18)19)17(15)14(20)16-10-4-6-11(21-3)7-5-10/h4-7,9,12H,8,15H2,1-3H3,(H,16,20)(H,18,19)/t12-/m0/s1. The van der Waals surface area contributed by atoms with Gasteiger partial charge in [0.05, 0.1) is 0 Å². The fourth-order valence-electron chi connectivity index (χ4n) is 1.78. The lowest BCUT2D eigenvalue weighted by Crippen LogP contribution is -2.51. The zero-order chi connectivity index (χ0) is 16.0. The number of carboxylic acid groups (broad SMARTS) is 1. The molecule has 0 aliphatic rings. The van der Waals surface area contributed by atoms with Crippen molar-refractivity contribution in [2.24, 2.45) is 11.8 Å². The minimum absolute atomic E-state index is 0.116. The van der Waals surface area contributed by atoms with E-state index in [9.17, 15) is 14.7 Å². The fourth-order valence-corrected chi connectivity index (χ4v) is 2.19. The van der Waals surface area contributed by atoms with Crippen LogP contribution in [0.15, 0.2) is 29.2 Å². The van der Waals surface area contributed by atoms with Gasteiger partial charge in [-0.1, -0.05) is 13.8 Å². The molecule has 1 aromatic rings. The summed E-state index contributed by atoms with van der Waals surface area (Å²) < 4.78 is 0. The largest absolute Gasteiger partial charge is 0.480 e. The molecule has 0 saturated carbocycles. The summed E-state index contributed by atoms with van der Waals surface area (Å²) in [5.41, 5.74) is 0.571. The van der Waals surface area contributed by atoms with E-state index in [0.29, 0.717) is 12.1 Å². The molecule has 4 N–H and O–H groups in total. The van der Waals surface area contributed by atoms with E-state index in [4.69, 9.17) is 5.84 Å². The predicted molar refractivity (Wildman–Crippen MR) is 84.1 cm³/mol. The van der Waals surface area contributed by atoms with Gasteiger partial charge in [0.15, 0.2) is 0 Å². The van der Waals surface area contributed by atoms with Crippen LogP contribution in [0.4, 0.5) is 10.5 Å². The molecule has 0 aliphatic carbocycles. The monoisotopic (exact) mass is 311 g/mol. The van der Waals surface area contributed by atoms with Gasteiger partial charge in [-0.05, 0) is 42.9 Å². The highest BCUT2D eigenvalue weighted by Gasteiger charge is 2.28. The third-order valence-electron chi connectivity index (χ3n) is 2.89. The summed E-state index contributed by atoms with van der Waals surface area (Å²) in [4.78, 5) is 24.3. The van der Waals surface area contributed by atoms with E-state index in [2.05, 4.69) is 5.32 Å². The summed E-state index contributed by atoms with van der Waals surface area (Å²) in [5, 5.41) is 12.5. The fraction of sp³-hybridized carbons (Fsp3) is 0.429. The van der Waals surface area contributed by atoms with Crippen LogP contribution in [0, 0.1) is 5.92 Å². The molecule has 116 valence electrons. The lowest BCUT2D eigenvalue weighted by Gasteiger charge is -2.25. The molecule has 0 spiro atoms. The number of rotatable bonds is 6. The van der Waals surface area contributed by atoms with Gasteiger partial charge in [-0.25, -0.2) is 20.4 Å². The molecule has 21 heavy (non-hydrogen) atoms. The van der Waals surface area contributed by atoms with E-state index in [0.717, 1.165) is 9.90 Å². The minimum atomic E-state index is -1.11. The number of anilines is 1. The maximum Gasteiger partial charge on any atom is 0.336 e. The van der Waals surface area contributed by atoms with Gasteiger partial charge in [-0.15, -0.1) is 11.8 Å². The molecule has 0 saturated heterocycles. The Hall–Kier alpha value is -1.73. The number of carbonyl (C=O) groups excluding carboxylic acids is 1. The number of nitrogens with one attached hydrogen (secondary N) is 1. The van der Waals surface area contributed by atoms with Gasteiger partial charge >= 0.3 is 12.0 Å². The minimum Gasteiger partial charge on any atom is -0.480 e. The van der Waals surface area contributed by atoms with Crippen LogP contribution >= 0.6 is 11.8 Å². The van der Waals surface area contributed by atoms with Gasteiger partial charge in [0, 0.05) is 10.6 Å². The molecule has 1 aromatic carbocycles. The number of carbonyl (C=O) groups is 2. The van der Waals surface area contributed by atoms with Crippen LogP contribution in [-0.4, -0.2) is 34.4 Å². The summed E-state index contributed by atoms with van der Waals surface area (Å²) >= 11 is 1.59. The second-order valence-electron chi connectivity index (χ2n) is 5.05. The lowest BCUT2D eigenvalue weighted by molar-refractivity contribution is -0.142. The third kappa shape index (κ3) is 5.28. The molecule has 0 fully saturated rings. The smallest absolute Gasteiger partial charge is 0.336 e. The van der Waals surface area contributed by atoms with Crippen LogP contribution in [0.1, 0.15) is 20.3 Å². The third-order valence-corrected chi connectivity index (χ3v) is 3.63. The van der Waals surface area contributed by atoms with Crippen molar-refractivity contribution in [3.63, 3.8) is 0 Å². The van der Waals surface area contributed by atoms with Crippen LogP contribution in [0.2, 0.25) is 0 Å². The number of hydrazine groups is 1. The Morgan fingerprint density at radius 3 is 2.33 bits per heavy atom. The number of nitrogens with zero attached hydrogens (tertiary/aromatic N) is 1. The summed E-state index contributed by atoms with van der Waals surface area (Å²) in [7, 11) is 0. The second-order valence-corrected chi connectivity index (χ2v) is 5.93. The molecule has 6 nitrogen and oxygen atoms in total. The molecule has 0 unspecified atom stereocenters. The maximum absolute atomic E-state index is 12.0. The van der Waals surface area contributed by atoms with Crippen molar-refractivity contribution in [3.8, 4) is 0 Å². The zero-order valence-corrected chi connectivity index (χ0v) is 13.2. The zero-order valence-electron chi connectivity index (χ0n) is 12.4. The average molecular weight is 311 g/mol. The molecule has 0 bridgehead atoms. The normalized spacial score (nSPS) is 12.0. The van der Waals surface area contributed by atoms with Gasteiger partial charge in [-0.3, -0.25) is 0 Å². The number of benzene rings is 1. The number of nitrogens with two attached hydrogens (primary N) is 1. The average Bonchev–Trinajstić information content (AvgIpc) is 2.44. The molecular weight excluding hydrogens is 290 g/mol. The van der Waals surface area contributed by atoms with E-state index in [-0.39, 0.29) is 5.92 Å². The number of hydrogen-bond acceptors (Lipinski definition) is 4. The Bertz CT molecular complexity index is 491. The number of thioether (sulfide) groups is 1. The summed E-state index contributed by atoms with van der Waals surface area (Å²) in [5.74, 6) is 4.66. The lowest BCUT2D eigenvalue weighted by atomic mass is 10.0. The van der Waals surface area contributed by atoms with Crippen molar-refractivity contribution in [1.82, 2.24) is 5.01 Å². The molecule has 0 heterocycles. The number of aliphatic carboxylic acids is 1. The van der Waals surface area contributed by atoms with Crippen molar-refractivity contribution in [2.75, 3.05) is 11.6 Å². The van der Waals surface area contributed by atoms with Crippen molar-refractivity contribution < 1.29 is 14.7 Å². The van der Waals surface area contributed by atoms with E-state index >= 15 is 0 Å². The Kier molecular flexibility index (Phi) is 6.51. The molecule has 2 amide bonds. The number of amides is 2. The van der Waals surface area contributed by atoms with Crippen molar-refractivity contribution in [3.05, 3.63) is 24.3 Å². The van der Waals surface area contributed by atoms with Gasteiger partial charge in [0.1, 0.15) is 6.04 Å². The van der Waals surface area contributed by atoms with E-state index in [1.807, 2.05) is 32.2 Å². The highest BCUT2D eigenvalue weighted by molar-refractivity contribution is 7.98. The summed E-state index contributed by atoms with van der Waals surface area (Å²) in [6, 6.07) is 5.54. The van der Waals surface area contributed by atoms with Gasteiger partial charge in [-0.2, -0.15) is 0 Å². The molecule has 7 heteroatoms. The van der Waals surface area contributed by atoms with Crippen LogP contribution in [-0.2, 0) is 4.79 Å². The Morgan fingerprint density at radius 1 is 1.33 bits per heavy atom. The van der Waals surface area contributed by atoms with Crippen molar-refractivity contribution in [1.29, 1.82) is 0 Å². The quantitative estimate of drug-likeness (QED) is 0.325. The Labute approximate surface area is 128 Å². The van der Waals surface area contributed by atoms with E-state index in [1.165, 1.54) is 0 Å². The first-order chi connectivity index (χ1) is 9.85. The maximum atomic E-state index is 12.0. The first-order valence-corrected chi connectivity index (χ1v) is 7.79. The molecular formula is C14H21N3O3S. The summed E-state index contributed by atoms with van der Waals surface area (Å²) in [6.07, 6.45) is 2.25. The van der Waals surface area contributed by atoms with E-state index < -0.39 is 18.0 Å². The summed E-state index contributed by atoms with van der Waals surface area (Å²) in [6.45, 7) is 3.76. The van der Waals surface area contributed by atoms with Gasteiger partial charge < -0.3 is 10.4 Å². The first-order valence-electron chi connectivity index (χ1n) is 6.57. The van der Waals surface area contributed by atoms with Crippen molar-refractivity contribution >= 4 is 29.4 Å².